The van der Waals surface area contributed by atoms with E-state index in [-0.39, 0.29) is 17.5 Å². The number of hydrogen-bond acceptors (Lipinski definition) is 4. The highest BCUT2D eigenvalue weighted by atomic mass is 16.5. The third kappa shape index (κ3) is 5.50. The average Bonchev–Trinajstić information content (AvgIpc) is 3.31. The molecule has 0 bridgehead atoms. The Bertz CT molecular complexity index is 1390. The van der Waals surface area contributed by atoms with Crippen LogP contribution in [0.3, 0.4) is 0 Å². The highest BCUT2D eigenvalue weighted by molar-refractivity contribution is 5.93. The summed E-state index contributed by atoms with van der Waals surface area (Å²) in [6.07, 6.45) is 5.78. The molecule has 1 aliphatic rings. The normalized spacial score (nSPS) is 14.8. The van der Waals surface area contributed by atoms with Gasteiger partial charge in [-0.3, -0.25) is 4.79 Å². The smallest absolute Gasteiger partial charge is 0.335 e. The van der Waals surface area contributed by atoms with E-state index in [0.717, 1.165) is 35.3 Å². The number of aromatic nitrogens is 2. The highest BCUT2D eigenvalue weighted by Gasteiger charge is 2.23. The van der Waals surface area contributed by atoms with E-state index in [0.29, 0.717) is 23.9 Å². The molecule has 1 unspecified atom stereocenters. The predicted molar refractivity (Wildman–Crippen MR) is 143 cm³/mol. The van der Waals surface area contributed by atoms with Crippen LogP contribution in [0.5, 0.6) is 5.75 Å². The molecule has 7 heteroatoms. The van der Waals surface area contributed by atoms with Gasteiger partial charge < -0.3 is 19.7 Å². The Morgan fingerprint density at radius 1 is 1.03 bits per heavy atom. The fraction of sp³-hybridized carbons (Fsp3) is 0.300. The number of imidazole rings is 1. The topological polar surface area (TPSA) is 93.4 Å². The van der Waals surface area contributed by atoms with Crippen LogP contribution in [0, 0.1) is 0 Å². The first kappa shape index (κ1) is 24.6. The van der Waals surface area contributed by atoms with Crippen molar-refractivity contribution < 1.29 is 19.4 Å². The number of carbonyl (C=O) groups excluding carboxylic acids is 1. The summed E-state index contributed by atoms with van der Waals surface area (Å²) < 4.78 is 8.34. The Kier molecular flexibility index (Phi) is 7.21. The van der Waals surface area contributed by atoms with Crippen molar-refractivity contribution in [3.8, 4) is 17.1 Å². The number of hydrogen-bond donors (Lipinski definition) is 2. The maximum absolute atomic E-state index is 11.7. The van der Waals surface area contributed by atoms with Crippen LogP contribution in [0.1, 0.15) is 67.0 Å². The van der Waals surface area contributed by atoms with Crippen molar-refractivity contribution in [3.63, 3.8) is 0 Å². The van der Waals surface area contributed by atoms with Crippen LogP contribution in [-0.4, -0.2) is 33.1 Å². The first-order chi connectivity index (χ1) is 18.0. The molecule has 1 atom stereocenters. The quantitative estimate of drug-likeness (QED) is 0.304. The van der Waals surface area contributed by atoms with Crippen molar-refractivity contribution in [1.29, 1.82) is 0 Å². The number of rotatable bonds is 8. The largest absolute Gasteiger partial charge is 0.491 e. The summed E-state index contributed by atoms with van der Waals surface area (Å²) in [6, 6.07) is 22.9. The van der Waals surface area contributed by atoms with E-state index in [1.807, 2.05) is 60.7 Å². The molecule has 190 valence electrons. The summed E-state index contributed by atoms with van der Waals surface area (Å²) in [5.41, 5.74) is 3.84. The molecule has 0 spiro atoms. The molecule has 1 aromatic heterocycles. The zero-order chi connectivity index (χ0) is 25.8. The number of nitrogens with zero attached hydrogens (tertiary/aromatic N) is 2. The van der Waals surface area contributed by atoms with E-state index in [1.165, 1.54) is 26.2 Å². The van der Waals surface area contributed by atoms with Crippen molar-refractivity contribution in [2.24, 2.45) is 0 Å². The Balaban J connectivity index is 1.42. The number of amides is 1. The first-order valence-corrected chi connectivity index (χ1v) is 12.8. The van der Waals surface area contributed by atoms with Gasteiger partial charge in [-0.05, 0) is 60.9 Å². The summed E-state index contributed by atoms with van der Waals surface area (Å²) in [4.78, 5) is 28.1. The number of carboxylic acid groups (broad SMARTS) is 1. The van der Waals surface area contributed by atoms with Crippen molar-refractivity contribution in [3.05, 3.63) is 83.9 Å². The van der Waals surface area contributed by atoms with Gasteiger partial charge in [-0.15, -0.1) is 0 Å². The third-order valence-electron chi connectivity index (χ3n) is 6.98. The van der Waals surface area contributed by atoms with Crippen molar-refractivity contribution in [1.82, 2.24) is 14.9 Å². The van der Waals surface area contributed by atoms with Gasteiger partial charge in [0.15, 0.2) is 0 Å². The zero-order valence-electron chi connectivity index (χ0n) is 20.9. The first-order valence-electron chi connectivity index (χ1n) is 12.8. The molecule has 1 heterocycles. The Morgan fingerprint density at radius 2 is 1.76 bits per heavy atom. The molecule has 5 rings (SSSR count). The number of ether oxygens (including phenoxy) is 1. The fourth-order valence-corrected chi connectivity index (χ4v) is 5.18. The van der Waals surface area contributed by atoms with Gasteiger partial charge in [0.1, 0.15) is 18.2 Å². The monoisotopic (exact) mass is 497 g/mol. The summed E-state index contributed by atoms with van der Waals surface area (Å²) in [6.45, 7) is 1.81. The molecule has 7 nitrogen and oxygen atoms in total. The van der Waals surface area contributed by atoms with E-state index in [4.69, 9.17) is 9.72 Å². The minimum absolute atomic E-state index is 0.111. The van der Waals surface area contributed by atoms with Crippen LogP contribution >= 0.6 is 0 Å². The van der Waals surface area contributed by atoms with Crippen molar-refractivity contribution in [2.45, 2.75) is 51.1 Å². The van der Waals surface area contributed by atoms with E-state index in [2.05, 4.69) is 9.88 Å². The lowest BCUT2D eigenvalue weighted by atomic mass is 9.95. The van der Waals surface area contributed by atoms with Crippen LogP contribution < -0.4 is 10.1 Å². The van der Waals surface area contributed by atoms with E-state index < -0.39 is 5.97 Å². The molecule has 1 fully saturated rings. The molecule has 2 N–H and O–H groups in total. The van der Waals surface area contributed by atoms with Crippen molar-refractivity contribution in [2.75, 3.05) is 6.61 Å². The number of carbonyl (C=O) groups is 2. The standard InChI is InChI=1S/C30H31N3O4/c1-20(34)31-27(21-8-4-2-5-9-21)19-37-25-15-12-22(13-16-25)29-32-26-18-23(30(35)36)14-17-28(26)33(29)24-10-6-3-7-11-24/h2,4-5,8-9,12-18,24,27H,3,6-7,10-11,19H2,1H3,(H,31,34)(H,35,36). The Morgan fingerprint density at radius 3 is 2.43 bits per heavy atom. The molecule has 1 aliphatic carbocycles. The van der Waals surface area contributed by atoms with E-state index in [1.54, 1.807) is 12.1 Å². The van der Waals surface area contributed by atoms with Crippen LogP contribution in [-0.2, 0) is 4.79 Å². The van der Waals surface area contributed by atoms with Gasteiger partial charge >= 0.3 is 5.97 Å². The zero-order valence-corrected chi connectivity index (χ0v) is 20.9. The minimum Gasteiger partial charge on any atom is -0.491 e. The van der Waals surface area contributed by atoms with Crippen molar-refractivity contribution >= 4 is 22.9 Å². The summed E-state index contributed by atoms with van der Waals surface area (Å²) in [5, 5.41) is 12.4. The van der Waals surface area contributed by atoms with Gasteiger partial charge in [-0.2, -0.15) is 0 Å². The van der Waals surface area contributed by atoms with Gasteiger partial charge in [0.05, 0.1) is 22.6 Å². The molecule has 37 heavy (non-hydrogen) atoms. The van der Waals surface area contributed by atoms with E-state index >= 15 is 0 Å². The van der Waals surface area contributed by atoms with Crippen LogP contribution in [0.2, 0.25) is 0 Å². The molecule has 4 aromatic rings. The fourth-order valence-electron chi connectivity index (χ4n) is 5.18. The van der Waals surface area contributed by atoms with Gasteiger partial charge in [0.25, 0.3) is 0 Å². The second kappa shape index (κ2) is 10.9. The highest BCUT2D eigenvalue weighted by Crippen LogP contribution is 2.36. The lowest BCUT2D eigenvalue weighted by Crippen LogP contribution is -2.30. The van der Waals surface area contributed by atoms with E-state index in [9.17, 15) is 14.7 Å². The van der Waals surface area contributed by atoms with Gasteiger partial charge in [-0.25, -0.2) is 9.78 Å². The summed E-state index contributed by atoms with van der Waals surface area (Å²) in [7, 11) is 0. The lowest BCUT2D eigenvalue weighted by Gasteiger charge is -2.25. The number of aromatic carboxylic acids is 1. The van der Waals surface area contributed by atoms with Crippen LogP contribution in [0.25, 0.3) is 22.4 Å². The predicted octanol–water partition coefficient (Wildman–Crippen LogP) is 6.16. The molecule has 1 saturated carbocycles. The molecule has 0 radical (unpaired) electrons. The number of carboxylic acids is 1. The Hall–Kier alpha value is -4.13. The second-order valence-electron chi connectivity index (χ2n) is 9.61. The summed E-state index contributed by atoms with van der Waals surface area (Å²) in [5.74, 6) is 0.477. The van der Waals surface area contributed by atoms with Crippen LogP contribution in [0.4, 0.5) is 0 Å². The summed E-state index contributed by atoms with van der Waals surface area (Å²) >= 11 is 0. The molecule has 3 aromatic carbocycles. The number of nitrogens with one attached hydrogen (secondary N) is 1. The molecule has 0 aliphatic heterocycles. The lowest BCUT2D eigenvalue weighted by molar-refractivity contribution is -0.119. The minimum atomic E-state index is -0.953. The maximum atomic E-state index is 11.7. The third-order valence-corrected chi connectivity index (χ3v) is 6.98. The Labute approximate surface area is 216 Å². The van der Waals surface area contributed by atoms with Gasteiger partial charge in [0.2, 0.25) is 5.91 Å². The number of benzene rings is 3. The number of fused-ring (bicyclic) bond motifs is 1. The van der Waals surface area contributed by atoms with Gasteiger partial charge in [0, 0.05) is 18.5 Å². The average molecular weight is 498 g/mol. The molecule has 1 amide bonds. The molecule has 0 saturated heterocycles. The molecular formula is C30H31N3O4. The SMILES string of the molecule is CC(=O)NC(COc1ccc(-c2nc3cc(C(=O)O)ccc3n2C2CCCCC2)cc1)c1ccccc1. The van der Waals surface area contributed by atoms with Gasteiger partial charge in [-0.1, -0.05) is 49.6 Å². The second-order valence-corrected chi connectivity index (χ2v) is 9.61. The van der Waals surface area contributed by atoms with Crippen LogP contribution in [0.15, 0.2) is 72.8 Å². The maximum Gasteiger partial charge on any atom is 0.335 e. The molecular weight excluding hydrogens is 466 g/mol.